The Labute approximate surface area is 257 Å². The van der Waals surface area contributed by atoms with Gasteiger partial charge in [-0.1, -0.05) is 42.5 Å². The second kappa shape index (κ2) is 14.3. The van der Waals surface area contributed by atoms with Crippen LogP contribution >= 0.6 is 11.6 Å². The summed E-state index contributed by atoms with van der Waals surface area (Å²) in [6.07, 6.45) is 2.02. The summed E-state index contributed by atoms with van der Waals surface area (Å²) >= 11 is 5.21. The summed E-state index contributed by atoms with van der Waals surface area (Å²) in [4.78, 5) is 28.0. The van der Waals surface area contributed by atoms with Gasteiger partial charge in [-0.3, -0.25) is 4.79 Å². The van der Waals surface area contributed by atoms with Crippen LogP contribution in [0, 0.1) is 12.8 Å². The molecule has 42 heavy (non-hydrogen) atoms. The molecule has 2 aliphatic heterocycles. The van der Waals surface area contributed by atoms with E-state index in [0.29, 0.717) is 61.9 Å². The van der Waals surface area contributed by atoms with Gasteiger partial charge in [0.2, 0.25) is 0 Å². The highest BCUT2D eigenvalue weighted by molar-refractivity contribution is 7.90. The molecule has 4 atom stereocenters. The number of hydrogen-bond donors (Lipinski definition) is 1. The molecule has 1 amide bonds. The number of nitrogens with zero attached hydrogens (tertiary/aromatic N) is 1. The molecule has 10 heteroatoms. The van der Waals surface area contributed by atoms with E-state index < -0.39 is 34.3 Å². The third-order valence-electron chi connectivity index (χ3n) is 7.64. The fourth-order valence-electron chi connectivity index (χ4n) is 5.23. The molecule has 2 aliphatic rings. The van der Waals surface area contributed by atoms with E-state index in [9.17, 15) is 14.1 Å². The molecule has 0 saturated carbocycles. The van der Waals surface area contributed by atoms with Crippen molar-refractivity contribution in [1.29, 1.82) is 0 Å². The number of benzene rings is 2. The first-order valence-electron chi connectivity index (χ1n) is 14.4. The fraction of sp³-hybridized carbons (Fsp3) is 0.500. The number of piperidine rings is 1. The number of likely N-dealkylation sites (tertiary alicyclic amines) is 1. The van der Waals surface area contributed by atoms with Crippen LogP contribution in [0.2, 0.25) is 5.02 Å². The highest BCUT2D eigenvalue weighted by atomic mass is 35.5. The van der Waals surface area contributed by atoms with Crippen LogP contribution in [0.3, 0.4) is 0 Å². The molecule has 2 fully saturated rings. The summed E-state index contributed by atoms with van der Waals surface area (Å²) < 4.78 is 33.7. The number of rotatable bonds is 10. The van der Waals surface area contributed by atoms with Gasteiger partial charge in [0.05, 0.1) is 18.2 Å². The number of carbonyl (C=O) groups excluding carboxylic acids is 2. The number of esters is 1. The molecule has 2 saturated heterocycles. The van der Waals surface area contributed by atoms with Crippen LogP contribution in [0.5, 0.6) is 5.75 Å². The Morgan fingerprint density at radius 3 is 2.55 bits per heavy atom. The van der Waals surface area contributed by atoms with E-state index in [2.05, 4.69) is 11.3 Å². The first-order valence-corrected chi connectivity index (χ1v) is 15.9. The quantitative estimate of drug-likeness (QED) is 0.212. The van der Waals surface area contributed by atoms with Crippen LogP contribution in [-0.2, 0) is 25.6 Å². The minimum Gasteiger partial charge on any atom is -0.598 e. The first kappa shape index (κ1) is 32.4. The van der Waals surface area contributed by atoms with Crippen molar-refractivity contribution in [2.45, 2.75) is 70.0 Å². The molecule has 0 spiro atoms. The summed E-state index contributed by atoms with van der Waals surface area (Å²) in [5, 5.41) is 0.603. The summed E-state index contributed by atoms with van der Waals surface area (Å²) in [5.41, 5.74) is 2.16. The van der Waals surface area contributed by atoms with Crippen LogP contribution in [0.4, 0.5) is 0 Å². The molecular formula is C32H41ClN2O6S. The normalized spacial score (nSPS) is 21.0. The predicted molar refractivity (Wildman–Crippen MR) is 165 cm³/mol. The van der Waals surface area contributed by atoms with Crippen molar-refractivity contribution < 1.29 is 28.4 Å². The SMILES string of the molecule is C=CCOc1cc(C)c(Cl)cc1[C@H](N[S+]([O-])C(C)(C)C)C1CCN(C(=O)[C@@H]2OCC[C@@H]2OC(=O)c2ccccc2)CC1. The highest BCUT2D eigenvalue weighted by Crippen LogP contribution is 2.40. The van der Waals surface area contributed by atoms with Crippen LogP contribution in [0.1, 0.15) is 67.6 Å². The lowest BCUT2D eigenvalue weighted by molar-refractivity contribution is -0.146. The smallest absolute Gasteiger partial charge is 0.338 e. The largest absolute Gasteiger partial charge is 0.598 e. The number of amides is 1. The van der Waals surface area contributed by atoms with Gasteiger partial charge in [0.25, 0.3) is 5.91 Å². The van der Waals surface area contributed by atoms with Crippen LogP contribution in [0.15, 0.2) is 55.1 Å². The molecular weight excluding hydrogens is 576 g/mol. The van der Waals surface area contributed by atoms with Crippen molar-refractivity contribution in [2.75, 3.05) is 26.3 Å². The second-order valence-electron chi connectivity index (χ2n) is 11.8. The Kier molecular flexibility index (Phi) is 11.0. The molecule has 2 aromatic rings. The minimum atomic E-state index is -1.36. The van der Waals surface area contributed by atoms with Gasteiger partial charge in [-0.25, -0.2) is 4.79 Å². The Hall–Kier alpha value is -2.56. The fourth-order valence-corrected chi connectivity index (χ4v) is 6.30. The van der Waals surface area contributed by atoms with E-state index in [4.69, 9.17) is 25.8 Å². The van der Waals surface area contributed by atoms with Crippen LogP contribution in [-0.4, -0.2) is 64.6 Å². The lowest BCUT2D eigenvalue weighted by Gasteiger charge is -2.39. The average molecular weight is 617 g/mol. The minimum absolute atomic E-state index is 0.0569. The molecule has 8 nitrogen and oxygen atoms in total. The van der Waals surface area contributed by atoms with Crippen LogP contribution in [0.25, 0.3) is 0 Å². The zero-order valence-corrected chi connectivity index (χ0v) is 26.3. The number of hydrogen-bond acceptors (Lipinski definition) is 7. The lowest BCUT2D eigenvalue weighted by atomic mass is 9.85. The maximum Gasteiger partial charge on any atom is 0.338 e. The number of ether oxygens (including phenoxy) is 3. The number of nitrogens with one attached hydrogen (secondary N) is 1. The van der Waals surface area contributed by atoms with Gasteiger partial charge in [0.15, 0.2) is 6.10 Å². The van der Waals surface area contributed by atoms with Crippen molar-refractivity contribution in [2.24, 2.45) is 5.92 Å². The van der Waals surface area contributed by atoms with Gasteiger partial charge in [-0.15, -0.1) is 4.72 Å². The van der Waals surface area contributed by atoms with Gasteiger partial charge >= 0.3 is 5.97 Å². The van der Waals surface area contributed by atoms with E-state index in [1.54, 1.807) is 35.2 Å². The van der Waals surface area contributed by atoms with Crippen molar-refractivity contribution in [3.8, 4) is 5.75 Å². The van der Waals surface area contributed by atoms with Crippen molar-refractivity contribution in [1.82, 2.24) is 9.62 Å². The third kappa shape index (κ3) is 7.88. The van der Waals surface area contributed by atoms with Gasteiger partial charge in [-0.2, -0.15) is 0 Å². The zero-order valence-electron chi connectivity index (χ0n) is 24.8. The molecule has 0 radical (unpaired) electrons. The summed E-state index contributed by atoms with van der Waals surface area (Å²) in [6, 6.07) is 12.2. The number of carbonyl (C=O) groups is 2. The van der Waals surface area contributed by atoms with Crippen molar-refractivity contribution >= 4 is 34.8 Å². The Morgan fingerprint density at radius 1 is 1.21 bits per heavy atom. The Balaban J connectivity index is 1.48. The van der Waals surface area contributed by atoms with E-state index >= 15 is 0 Å². The molecule has 2 heterocycles. The molecule has 228 valence electrons. The van der Waals surface area contributed by atoms with E-state index in [0.717, 1.165) is 11.1 Å². The zero-order chi connectivity index (χ0) is 30.4. The van der Waals surface area contributed by atoms with Gasteiger partial charge in [0.1, 0.15) is 23.2 Å². The summed E-state index contributed by atoms with van der Waals surface area (Å²) in [7, 11) is 0. The molecule has 0 aromatic heterocycles. The highest BCUT2D eigenvalue weighted by Gasteiger charge is 2.42. The predicted octanol–water partition coefficient (Wildman–Crippen LogP) is 5.56. The monoisotopic (exact) mass is 616 g/mol. The number of halogens is 1. The number of aryl methyl sites for hydroxylation is 1. The summed E-state index contributed by atoms with van der Waals surface area (Å²) in [6.45, 7) is 13.1. The topological polar surface area (TPSA) is 100 Å². The van der Waals surface area contributed by atoms with Crippen molar-refractivity contribution in [3.05, 3.63) is 76.8 Å². The van der Waals surface area contributed by atoms with Crippen molar-refractivity contribution in [3.63, 3.8) is 0 Å². The van der Waals surface area contributed by atoms with Gasteiger partial charge < -0.3 is 23.7 Å². The Morgan fingerprint density at radius 2 is 1.90 bits per heavy atom. The van der Waals surface area contributed by atoms with Crippen LogP contribution < -0.4 is 9.46 Å². The standard InChI is InChI=1S/C32H41ClN2O6S/c1-6-17-39-27-19-21(2)25(33)20-24(27)28(34-42(38)32(3,4)5)22-12-15-35(16-13-22)30(36)29-26(14-18-40-29)41-31(37)23-10-8-7-9-11-23/h6-11,19-20,22,26,28-29,34H,1,12-18H2,2-5H3/t26-,28+,29+,42?/m0/s1. The van der Waals surface area contributed by atoms with E-state index in [1.807, 2.05) is 45.9 Å². The van der Waals surface area contributed by atoms with Gasteiger partial charge in [-0.05, 0) is 76.3 Å². The van der Waals surface area contributed by atoms with E-state index in [1.165, 1.54) is 0 Å². The third-order valence-corrected chi connectivity index (χ3v) is 9.63. The summed E-state index contributed by atoms with van der Waals surface area (Å²) in [5.74, 6) is 0.0881. The van der Waals surface area contributed by atoms with E-state index in [-0.39, 0.29) is 17.9 Å². The Bertz CT molecular complexity index is 1250. The maximum absolute atomic E-state index is 13.5. The van der Waals surface area contributed by atoms with Gasteiger partial charge in [0, 0.05) is 41.5 Å². The molecule has 4 rings (SSSR count). The average Bonchev–Trinajstić information content (AvgIpc) is 3.44. The molecule has 1 N–H and O–H groups in total. The second-order valence-corrected chi connectivity index (χ2v) is 14.2. The first-order chi connectivity index (χ1) is 20.0. The molecule has 0 bridgehead atoms. The maximum atomic E-state index is 13.5. The molecule has 2 aromatic carbocycles. The molecule has 0 aliphatic carbocycles. The molecule has 1 unspecified atom stereocenters. The lowest BCUT2D eigenvalue weighted by Crippen LogP contribution is -2.50.